The van der Waals surface area contributed by atoms with E-state index in [0.717, 1.165) is 38.8 Å². The number of carbonyl (C=O) groups excluding carboxylic acids is 1. The van der Waals surface area contributed by atoms with Crippen LogP contribution >= 0.6 is 0 Å². The highest BCUT2D eigenvalue weighted by Crippen LogP contribution is 2.34. The van der Waals surface area contributed by atoms with Gasteiger partial charge in [-0.2, -0.15) is 4.98 Å². The average molecular weight is 438 g/mol. The van der Waals surface area contributed by atoms with Gasteiger partial charge >= 0.3 is 6.01 Å². The molecule has 168 valence electrons. The maximum absolute atomic E-state index is 13.3. The van der Waals surface area contributed by atoms with E-state index in [2.05, 4.69) is 50.8 Å². The van der Waals surface area contributed by atoms with Crippen LogP contribution in [0.1, 0.15) is 62.8 Å². The van der Waals surface area contributed by atoms with Crippen LogP contribution in [-0.2, 0) is 5.41 Å². The minimum atomic E-state index is -0.153. The van der Waals surface area contributed by atoms with Gasteiger partial charge in [-0.25, -0.2) is 15.0 Å². The molecule has 1 aliphatic heterocycles. The Morgan fingerprint density at radius 2 is 1.81 bits per heavy atom. The molecule has 10 heteroatoms. The number of oxazole rings is 1. The Morgan fingerprint density at radius 1 is 1.06 bits per heavy atom. The van der Waals surface area contributed by atoms with Crippen LogP contribution in [0.15, 0.2) is 33.9 Å². The Morgan fingerprint density at radius 3 is 2.38 bits per heavy atom. The monoisotopic (exact) mass is 437 g/mol. The predicted molar refractivity (Wildman–Crippen MR) is 115 cm³/mol. The molecule has 32 heavy (non-hydrogen) atoms. The molecule has 0 radical (unpaired) electrons. The maximum Gasteiger partial charge on any atom is 0.324 e. The van der Waals surface area contributed by atoms with Gasteiger partial charge in [0.25, 0.3) is 5.91 Å². The summed E-state index contributed by atoms with van der Waals surface area (Å²) >= 11 is 0. The second-order valence-electron chi connectivity index (χ2n) is 9.46. The Balaban J connectivity index is 1.26. The first-order valence-corrected chi connectivity index (χ1v) is 11.0. The molecule has 3 aromatic heterocycles. The third-order valence-corrected chi connectivity index (χ3v) is 5.95. The van der Waals surface area contributed by atoms with Gasteiger partial charge in [0.1, 0.15) is 11.4 Å². The first kappa shape index (κ1) is 20.6. The first-order chi connectivity index (χ1) is 15.4. The quantitative estimate of drug-likeness (QED) is 0.594. The zero-order valence-electron chi connectivity index (χ0n) is 18.6. The number of aromatic nitrogens is 5. The van der Waals surface area contributed by atoms with E-state index in [1.54, 1.807) is 12.4 Å². The van der Waals surface area contributed by atoms with Gasteiger partial charge in [0.15, 0.2) is 18.0 Å². The number of carbonyl (C=O) groups is 1. The highest BCUT2D eigenvalue weighted by Gasteiger charge is 2.40. The molecular formula is C22H27N7O3. The summed E-state index contributed by atoms with van der Waals surface area (Å²) in [6, 6.07) is 1.00. The largest absolute Gasteiger partial charge is 0.442 e. The molecule has 3 aromatic rings. The third kappa shape index (κ3) is 4.09. The molecular weight excluding hydrogens is 410 g/mol. The average Bonchev–Trinajstić information content (AvgIpc) is 3.26. The van der Waals surface area contributed by atoms with Gasteiger partial charge in [-0.05, 0) is 25.7 Å². The van der Waals surface area contributed by atoms with E-state index in [9.17, 15) is 4.79 Å². The molecule has 2 fully saturated rings. The minimum absolute atomic E-state index is 0.0598. The number of rotatable bonds is 5. The lowest BCUT2D eigenvalue weighted by atomic mass is 9.96. The van der Waals surface area contributed by atoms with Gasteiger partial charge in [0.05, 0.1) is 18.6 Å². The molecule has 1 saturated heterocycles. The second kappa shape index (κ2) is 7.99. The van der Waals surface area contributed by atoms with Gasteiger partial charge in [0, 0.05) is 30.6 Å². The fraction of sp³-hybridized carbons (Fsp3) is 0.545. The van der Waals surface area contributed by atoms with E-state index in [1.807, 2.05) is 4.90 Å². The number of nitrogens with zero attached hydrogens (tertiary/aromatic N) is 7. The molecule has 0 N–H and O–H groups in total. The standard InChI is InChI=1S/C22H27N7O3/c1-22(2,3)20-26-21(32-27-20)28-8-6-15(7-9-28)29(14-4-5-14)19(30)17-11-24-16(10-25-17)18-12-23-13-31-18/h10-15H,4-9H2,1-3H3. The van der Waals surface area contributed by atoms with E-state index in [-0.39, 0.29) is 23.4 Å². The van der Waals surface area contributed by atoms with Crippen LogP contribution in [0.3, 0.4) is 0 Å². The lowest BCUT2D eigenvalue weighted by molar-refractivity contribution is 0.0623. The summed E-state index contributed by atoms with van der Waals surface area (Å²) in [6.07, 6.45) is 9.76. The van der Waals surface area contributed by atoms with Gasteiger partial charge < -0.3 is 18.7 Å². The zero-order valence-corrected chi connectivity index (χ0v) is 18.6. The van der Waals surface area contributed by atoms with Crippen LogP contribution in [0.5, 0.6) is 0 Å². The van der Waals surface area contributed by atoms with Crippen molar-refractivity contribution in [3.05, 3.63) is 36.5 Å². The molecule has 5 rings (SSSR count). The molecule has 0 aromatic carbocycles. The number of anilines is 1. The van der Waals surface area contributed by atoms with Crippen molar-refractivity contribution in [2.75, 3.05) is 18.0 Å². The molecule has 1 saturated carbocycles. The van der Waals surface area contributed by atoms with Crippen LogP contribution in [0.2, 0.25) is 0 Å². The van der Waals surface area contributed by atoms with Crippen molar-refractivity contribution in [1.29, 1.82) is 0 Å². The molecule has 0 unspecified atom stereocenters. The normalized spacial score (nSPS) is 17.5. The topological polar surface area (TPSA) is 114 Å². The number of hydrogen-bond acceptors (Lipinski definition) is 9. The van der Waals surface area contributed by atoms with Crippen LogP contribution in [-0.4, -0.2) is 61.1 Å². The third-order valence-electron chi connectivity index (χ3n) is 5.95. The fourth-order valence-electron chi connectivity index (χ4n) is 4.01. The molecule has 1 amide bonds. The van der Waals surface area contributed by atoms with Gasteiger partial charge in [-0.1, -0.05) is 25.9 Å². The molecule has 10 nitrogen and oxygen atoms in total. The van der Waals surface area contributed by atoms with Crippen molar-refractivity contribution in [3.8, 4) is 11.5 Å². The van der Waals surface area contributed by atoms with Gasteiger partial charge in [0.2, 0.25) is 0 Å². The van der Waals surface area contributed by atoms with Gasteiger partial charge in [-0.3, -0.25) is 4.79 Å². The molecule has 0 bridgehead atoms. The van der Waals surface area contributed by atoms with E-state index >= 15 is 0 Å². The first-order valence-electron chi connectivity index (χ1n) is 11.0. The Kier molecular flexibility index (Phi) is 5.15. The summed E-state index contributed by atoms with van der Waals surface area (Å²) < 4.78 is 10.7. The van der Waals surface area contributed by atoms with Gasteiger partial charge in [-0.15, -0.1) is 0 Å². The summed E-state index contributed by atoms with van der Waals surface area (Å²) in [5.41, 5.74) is 0.757. The maximum atomic E-state index is 13.3. The predicted octanol–water partition coefficient (Wildman–Crippen LogP) is 3.09. The Hall–Kier alpha value is -3.30. The number of amides is 1. The van der Waals surface area contributed by atoms with Crippen LogP contribution < -0.4 is 4.90 Å². The SMILES string of the molecule is CC(C)(C)c1noc(N2CCC(N(C(=O)c3cnc(-c4cnco4)cn3)C3CC3)CC2)n1. The van der Waals surface area contributed by atoms with Crippen molar-refractivity contribution in [3.63, 3.8) is 0 Å². The molecule has 4 heterocycles. The summed E-state index contributed by atoms with van der Waals surface area (Å²) in [5.74, 6) is 1.17. The highest BCUT2D eigenvalue weighted by molar-refractivity contribution is 5.92. The summed E-state index contributed by atoms with van der Waals surface area (Å²) in [4.78, 5) is 34.6. The van der Waals surface area contributed by atoms with Crippen molar-refractivity contribution in [2.24, 2.45) is 0 Å². The van der Waals surface area contributed by atoms with E-state index in [1.165, 1.54) is 12.6 Å². The van der Waals surface area contributed by atoms with E-state index < -0.39 is 0 Å². The molecule has 2 aliphatic rings. The van der Waals surface area contributed by atoms with E-state index in [0.29, 0.717) is 29.0 Å². The van der Waals surface area contributed by atoms with Crippen LogP contribution in [0.25, 0.3) is 11.5 Å². The van der Waals surface area contributed by atoms with Crippen molar-refractivity contribution < 1.29 is 13.7 Å². The van der Waals surface area contributed by atoms with Crippen LogP contribution in [0, 0.1) is 0 Å². The van der Waals surface area contributed by atoms with Crippen molar-refractivity contribution >= 4 is 11.9 Å². The lowest BCUT2D eigenvalue weighted by Crippen LogP contribution is -2.48. The summed E-state index contributed by atoms with van der Waals surface area (Å²) in [5, 5.41) is 4.13. The zero-order chi connectivity index (χ0) is 22.3. The minimum Gasteiger partial charge on any atom is -0.442 e. The number of piperidine rings is 1. The van der Waals surface area contributed by atoms with Crippen molar-refractivity contribution in [1.82, 2.24) is 30.0 Å². The fourth-order valence-corrected chi connectivity index (χ4v) is 4.01. The van der Waals surface area contributed by atoms with Crippen LogP contribution in [0.4, 0.5) is 6.01 Å². The second-order valence-corrected chi connectivity index (χ2v) is 9.46. The Bertz CT molecular complexity index is 1060. The number of hydrogen-bond donors (Lipinski definition) is 0. The van der Waals surface area contributed by atoms with E-state index in [4.69, 9.17) is 8.94 Å². The summed E-state index contributed by atoms with van der Waals surface area (Å²) in [6.45, 7) is 7.72. The Labute approximate surface area is 186 Å². The molecule has 1 aliphatic carbocycles. The summed E-state index contributed by atoms with van der Waals surface area (Å²) in [7, 11) is 0. The lowest BCUT2D eigenvalue weighted by Gasteiger charge is -2.38. The van der Waals surface area contributed by atoms with Crippen molar-refractivity contribution in [2.45, 2.75) is 64.0 Å². The highest BCUT2D eigenvalue weighted by atomic mass is 16.5. The molecule has 0 spiro atoms. The smallest absolute Gasteiger partial charge is 0.324 e. The molecule has 0 atom stereocenters.